The molecule has 5 heterocycles. The first kappa shape index (κ1) is 23.8. The molecule has 1 fully saturated rings. The molecule has 0 saturated heterocycles. The molecule has 0 spiro atoms. The monoisotopic (exact) mass is 525 g/mol. The summed E-state index contributed by atoms with van der Waals surface area (Å²) in [5.74, 6) is 1.36. The van der Waals surface area contributed by atoms with E-state index in [0.29, 0.717) is 36.1 Å². The number of fused-ring (bicyclic) bond motifs is 2. The van der Waals surface area contributed by atoms with Gasteiger partial charge in [-0.2, -0.15) is 0 Å². The van der Waals surface area contributed by atoms with Crippen LogP contribution >= 0.6 is 0 Å². The van der Waals surface area contributed by atoms with Crippen LogP contribution in [-0.4, -0.2) is 21.2 Å². The molecular weight excluding hydrogens is 497 g/mol. The minimum Gasteiger partial charge on any atom is -0.484 e. The Morgan fingerprint density at radius 2 is 1.95 bits per heavy atom. The molecule has 3 aromatic heterocycles. The Balaban J connectivity index is 1.25. The molecule has 0 radical (unpaired) electrons. The number of hydrogen-bond acceptors (Lipinski definition) is 6. The van der Waals surface area contributed by atoms with Crippen molar-refractivity contribution in [2.45, 2.75) is 65.0 Å². The summed E-state index contributed by atoms with van der Waals surface area (Å²) in [5, 5.41) is 7.21. The number of halogens is 1. The van der Waals surface area contributed by atoms with Crippen LogP contribution in [0.1, 0.15) is 70.8 Å². The number of hydrogen-bond donors (Lipinski definition) is 1. The summed E-state index contributed by atoms with van der Waals surface area (Å²) in [6.07, 6.45) is 4.65. The van der Waals surface area contributed by atoms with E-state index in [2.05, 4.69) is 21.5 Å². The second-order valence-corrected chi connectivity index (χ2v) is 10.7. The molecule has 9 heteroatoms. The van der Waals surface area contributed by atoms with Crippen LogP contribution in [0, 0.1) is 26.6 Å². The molecule has 2 aliphatic heterocycles. The van der Waals surface area contributed by atoms with E-state index in [1.165, 1.54) is 6.07 Å². The minimum atomic E-state index is -0.474. The van der Waals surface area contributed by atoms with Gasteiger partial charge in [0.15, 0.2) is 0 Å². The van der Waals surface area contributed by atoms with E-state index in [4.69, 9.17) is 14.2 Å². The first-order valence-corrected chi connectivity index (χ1v) is 13.3. The largest absolute Gasteiger partial charge is 0.484 e. The zero-order valence-corrected chi connectivity index (χ0v) is 22.0. The number of anilines is 2. The fraction of sp³-hybridized carbons (Fsp3) is 0.333. The molecule has 8 nitrogen and oxygen atoms in total. The summed E-state index contributed by atoms with van der Waals surface area (Å²) in [7, 11) is 0. The second-order valence-electron chi connectivity index (χ2n) is 10.7. The third-order valence-electron chi connectivity index (χ3n) is 7.92. The number of pyridine rings is 2. The summed E-state index contributed by atoms with van der Waals surface area (Å²) >= 11 is 0. The molecule has 1 N–H and O–H groups in total. The third-order valence-corrected chi connectivity index (χ3v) is 7.92. The number of amides is 2. The standard InChI is InChI=1S/C30H28FN5O3/c1-15-11-19-8-9-25(29-21(31)5-4-10-32-29)38-26(19)13-24(15)36-14-20-22(34-30(36)37)12-23(33-28(20)18-6-7-18)27-16(2)35-39-17(27)3/h4-5,10-13,18,25H,6-9,14H2,1-3H3,(H,34,37). The molecule has 39 heavy (non-hydrogen) atoms. The van der Waals surface area contributed by atoms with Gasteiger partial charge < -0.3 is 14.6 Å². The highest BCUT2D eigenvalue weighted by molar-refractivity contribution is 6.05. The molecule has 1 unspecified atom stereocenters. The average Bonchev–Trinajstić information content (AvgIpc) is 3.71. The molecule has 1 saturated carbocycles. The van der Waals surface area contributed by atoms with Crippen LogP contribution in [0.3, 0.4) is 0 Å². The molecule has 1 aliphatic carbocycles. The van der Waals surface area contributed by atoms with Gasteiger partial charge in [-0.3, -0.25) is 14.9 Å². The van der Waals surface area contributed by atoms with Gasteiger partial charge in [0.2, 0.25) is 0 Å². The highest BCUT2D eigenvalue weighted by Crippen LogP contribution is 2.46. The second kappa shape index (κ2) is 8.90. The number of urea groups is 1. The Labute approximate surface area is 225 Å². The van der Waals surface area contributed by atoms with Crippen LogP contribution in [-0.2, 0) is 13.0 Å². The Morgan fingerprint density at radius 3 is 2.69 bits per heavy atom. The van der Waals surface area contributed by atoms with Crippen molar-refractivity contribution in [3.05, 3.63) is 81.9 Å². The molecule has 4 aromatic rings. The smallest absolute Gasteiger partial charge is 0.326 e. The number of nitrogens with one attached hydrogen (secondary N) is 1. The van der Waals surface area contributed by atoms with Crippen LogP contribution in [0.5, 0.6) is 5.75 Å². The Kier molecular flexibility index (Phi) is 5.43. The highest BCUT2D eigenvalue weighted by atomic mass is 19.1. The number of aromatic nitrogens is 3. The topological polar surface area (TPSA) is 93.4 Å². The molecular formula is C30H28FN5O3. The van der Waals surface area contributed by atoms with E-state index >= 15 is 0 Å². The van der Waals surface area contributed by atoms with Crippen molar-refractivity contribution < 1.29 is 18.4 Å². The van der Waals surface area contributed by atoms with E-state index in [9.17, 15) is 9.18 Å². The first-order valence-electron chi connectivity index (χ1n) is 13.3. The number of aryl methyl sites for hydroxylation is 4. The van der Waals surface area contributed by atoms with Gasteiger partial charge in [-0.1, -0.05) is 11.2 Å². The fourth-order valence-electron chi connectivity index (χ4n) is 5.81. The summed E-state index contributed by atoms with van der Waals surface area (Å²) in [6.45, 7) is 6.18. The number of carbonyl (C=O) groups excluding carboxylic acids is 1. The normalized spacial score (nSPS) is 18.3. The molecule has 0 bridgehead atoms. The summed E-state index contributed by atoms with van der Waals surface area (Å²) in [4.78, 5) is 24.5. The van der Waals surface area contributed by atoms with Crippen molar-refractivity contribution in [2.75, 3.05) is 10.2 Å². The van der Waals surface area contributed by atoms with Crippen molar-refractivity contribution in [3.8, 4) is 17.0 Å². The predicted molar refractivity (Wildman–Crippen MR) is 143 cm³/mol. The van der Waals surface area contributed by atoms with Crippen molar-refractivity contribution in [1.82, 2.24) is 15.1 Å². The fourth-order valence-corrected chi connectivity index (χ4v) is 5.81. The van der Waals surface area contributed by atoms with Crippen LogP contribution < -0.4 is 15.0 Å². The maximum absolute atomic E-state index is 14.4. The van der Waals surface area contributed by atoms with E-state index < -0.39 is 6.10 Å². The molecule has 3 aliphatic rings. The maximum atomic E-state index is 14.4. The lowest BCUT2D eigenvalue weighted by Gasteiger charge is -2.33. The minimum absolute atomic E-state index is 0.216. The van der Waals surface area contributed by atoms with E-state index in [1.54, 1.807) is 17.2 Å². The lowest BCUT2D eigenvalue weighted by atomic mass is 9.96. The average molecular weight is 526 g/mol. The SMILES string of the molecule is Cc1cc2c(cc1N1Cc3c(cc(-c4c(C)noc4C)nc3C3CC3)NC1=O)OC(c1ncccc1F)CC2. The van der Waals surface area contributed by atoms with Gasteiger partial charge in [0, 0.05) is 23.7 Å². The van der Waals surface area contributed by atoms with Crippen molar-refractivity contribution in [3.63, 3.8) is 0 Å². The first-order chi connectivity index (χ1) is 18.9. The van der Waals surface area contributed by atoms with E-state index in [-0.39, 0.29) is 11.8 Å². The van der Waals surface area contributed by atoms with Gasteiger partial charge in [-0.05, 0) is 75.8 Å². The Hall–Kier alpha value is -4.27. The van der Waals surface area contributed by atoms with Crippen molar-refractivity contribution in [2.24, 2.45) is 0 Å². The number of rotatable bonds is 4. The lowest BCUT2D eigenvalue weighted by molar-refractivity contribution is 0.167. The van der Waals surface area contributed by atoms with E-state index in [1.807, 2.05) is 32.9 Å². The number of carbonyl (C=O) groups is 1. The van der Waals surface area contributed by atoms with Crippen molar-refractivity contribution in [1.29, 1.82) is 0 Å². The zero-order chi connectivity index (χ0) is 26.8. The van der Waals surface area contributed by atoms with Gasteiger partial charge in [0.25, 0.3) is 0 Å². The summed E-state index contributed by atoms with van der Waals surface area (Å²) < 4.78 is 26.1. The molecule has 1 atom stereocenters. The summed E-state index contributed by atoms with van der Waals surface area (Å²) in [6, 6.07) is 8.67. The van der Waals surface area contributed by atoms with Crippen LogP contribution in [0.2, 0.25) is 0 Å². The van der Waals surface area contributed by atoms with Gasteiger partial charge in [0.1, 0.15) is 29.1 Å². The maximum Gasteiger partial charge on any atom is 0.326 e. The van der Waals surface area contributed by atoms with Gasteiger partial charge in [-0.15, -0.1) is 0 Å². The number of benzene rings is 1. The van der Waals surface area contributed by atoms with Crippen LogP contribution in [0.25, 0.3) is 11.3 Å². The predicted octanol–water partition coefficient (Wildman–Crippen LogP) is 6.69. The number of ether oxygens (including phenoxy) is 1. The Bertz CT molecular complexity index is 1620. The molecule has 1 aromatic carbocycles. The molecule has 198 valence electrons. The van der Waals surface area contributed by atoms with E-state index in [0.717, 1.165) is 70.0 Å². The van der Waals surface area contributed by atoms with Crippen LogP contribution in [0.15, 0.2) is 41.1 Å². The van der Waals surface area contributed by atoms with Crippen molar-refractivity contribution >= 4 is 17.4 Å². The quantitative estimate of drug-likeness (QED) is 0.319. The highest BCUT2D eigenvalue weighted by Gasteiger charge is 2.36. The van der Waals surface area contributed by atoms with Gasteiger partial charge in [-0.25, -0.2) is 9.18 Å². The Morgan fingerprint density at radius 1 is 1.10 bits per heavy atom. The van der Waals surface area contributed by atoms with Gasteiger partial charge >= 0.3 is 6.03 Å². The summed E-state index contributed by atoms with van der Waals surface area (Å²) in [5.41, 5.74) is 8.34. The van der Waals surface area contributed by atoms with Gasteiger partial charge in [0.05, 0.1) is 40.6 Å². The molecule has 2 amide bonds. The lowest BCUT2D eigenvalue weighted by Crippen LogP contribution is -2.40. The molecule has 7 rings (SSSR count). The van der Waals surface area contributed by atoms with Crippen LogP contribution in [0.4, 0.5) is 20.6 Å². The number of nitrogens with zero attached hydrogens (tertiary/aromatic N) is 4. The zero-order valence-electron chi connectivity index (χ0n) is 22.0. The third kappa shape index (κ3) is 4.04.